The van der Waals surface area contributed by atoms with Crippen molar-refractivity contribution in [3.8, 4) is 0 Å². The van der Waals surface area contributed by atoms with Crippen molar-refractivity contribution >= 4 is 11.8 Å². The Morgan fingerprint density at radius 3 is 2.87 bits per heavy atom. The van der Waals surface area contributed by atoms with E-state index >= 15 is 0 Å². The lowest BCUT2D eigenvalue weighted by molar-refractivity contribution is -0.386. The fourth-order valence-electron chi connectivity index (χ4n) is 2.54. The molecule has 1 amide bonds. The maximum atomic E-state index is 11.9. The predicted octanol–water partition coefficient (Wildman–Crippen LogP) is 2.07. The summed E-state index contributed by atoms with van der Waals surface area (Å²) in [5.74, 6) is 0. The summed E-state index contributed by atoms with van der Waals surface area (Å²) >= 11 is 0. The maximum absolute atomic E-state index is 11.9. The number of carbonyl (C=O) groups is 1. The molecular formula is C14H22N4O5. The molecule has 1 fully saturated rings. The molecule has 23 heavy (non-hydrogen) atoms. The number of hydrogen-bond acceptors (Lipinski definition) is 6. The summed E-state index contributed by atoms with van der Waals surface area (Å²) in [7, 11) is 1.64. The van der Waals surface area contributed by atoms with Gasteiger partial charge in [0.05, 0.1) is 4.92 Å². The molecule has 2 heterocycles. The van der Waals surface area contributed by atoms with Crippen molar-refractivity contribution in [2.75, 3.05) is 6.61 Å². The molecule has 2 rings (SSSR count). The first-order valence-electron chi connectivity index (χ1n) is 7.45. The van der Waals surface area contributed by atoms with Crippen molar-refractivity contribution in [3.05, 3.63) is 22.0 Å². The van der Waals surface area contributed by atoms with Gasteiger partial charge in [0.1, 0.15) is 23.6 Å². The summed E-state index contributed by atoms with van der Waals surface area (Å²) in [5, 5.41) is 17.8. The van der Waals surface area contributed by atoms with Gasteiger partial charge in [0.25, 0.3) is 0 Å². The third-order valence-corrected chi connectivity index (χ3v) is 3.47. The summed E-state index contributed by atoms with van der Waals surface area (Å²) in [6.45, 7) is 5.77. The van der Waals surface area contributed by atoms with Gasteiger partial charge in [-0.2, -0.15) is 5.10 Å². The van der Waals surface area contributed by atoms with E-state index < -0.39 is 22.7 Å². The minimum absolute atomic E-state index is 0.0737. The van der Waals surface area contributed by atoms with Crippen LogP contribution in [0.5, 0.6) is 0 Å². The molecule has 0 bridgehead atoms. The van der Waals surface area contributed by atoms with Crippen LogP contribution in [0.1, 0.15) is 45.4 Å². The van der Waals surface area contributed by atoms with E-state index in [9.17, 15) is 14.9 Å². The van der Waals surface area contributed by atoms with Gasteiger partial charge in [0, 0.05) is 19.7 Å². The normalized spacial score (nSPS) is 21.7. The first-order valence-corrected chi connectivity index (χ1v) is 7.45. The Kier molecular flexibility index (Phi) is 4.88. The Morgan fingerprint density at radius 1 is 1.57 bits per heavy atom. The fourth-order valence-corrected chi connectivity index (χ4v) is 2.54. The van der Waals surface area contributed by atoms with Crippen LogP contribution in [0.4, 0.5) is 10.5 Å². The van der Waals surface area contributed by atoms with E-state index in [0.717, 1.165) is 0 Å². The summed E-state index contributed by atoms with van der Waals surface area (Å²) in [6.07, 6.45) is 1.28. The minimum atomic E-state index is -0.574. The second-order valence-corrected chi connectivity index (χ2v) is 6.52. The molecule has 1 aliphatic rings. The molecule has 0 unspecified atom stereocenters. The lowest BCUT2D eigenvalue weighted by Crippen LogP contribution is -2.42. The molecule has 0 aromatic carbocycles. The first kappa shape index (κ1) is 17.2. The lowest BCUT2D eigenvalue weighted by atomic mass is 10.0. The second-order valence-electron chi connectivity index (χ2n) is 6.52. The molecule has 9 heteroatoms. The van der Waals surface area contributed by atoms with Gasteiger partial charge in [-0.15, -0.1) is 0 Å². The third-order valence-electron chi connectivity index (χ3n) is 3.47. The Bertz CT molecular complexity index is 592. The number of carbonyl (C=O) groups excluding carboxylic acids is 1. The summed E-state index contributed by atoms with van der Waals surface area (Å²) < 4.78 is 12.3. The van der Waals surface area contributed by atoms with Crippen LogP contribution in [0.3, 0.4) is 0 Å². The van der Waals surface area contributed by atoms with Gasteiger partial charge >= 0.3 is 11.8 Å². The molecule has 1 N–H and O–H groups in total. The highest BCUT2D eigenvalue weighted by Gasteiger charge is 2.33. The summed E-state index contributed by atoms with van der Waals surface area (Å²) in [5.41, 5.74) is -0.240. The van der Waals surface area contributed by atoms with Crippen molar-refractivity contribution in [3.63, 3.8) is 0 Å². The average Bonchev–Trinajstić information content (AvgIpc) is 2.78. The Morgan fingerprint density at radius 2 is 2.26 bits per heavy atom. The van der Waals surface area contributed by atoms with E-state index in [0.29, 0.717) is 25.1 Å². The first-order chi connectivity index (χ1) is 10.7. The van der Waals surface area contributed by atoms with E-state index in [1.807, 2.05) is 0 Å². The highest BCUT2D eigenvalue weighted by Crippen LogP contribution is 2.33. The molecule has 1 saturated heterocycles. The summed E-state index contributed by atoms with van der Waals surface area (Å²) in [4.78, 5) is 22.5. The van der Waals surface area contributed by atoms with Crippen LogP contribution in [-0.4, -0.2) is 39.0 Å². The molecule has 128 valence electrons. The number of amides is 1. The van der Waals surface area contributed by atoms with Gasteiger partial charge in [-0.25, -0.2) is 4.79 Å². The number of hydrogen-bond donors (Lipinski definition) is 1. The molecule has 0 saturated carbocycles. The molecule has 1 aromatic heterocycles. The van der Waals surface area contributed by atoms with Crippen LogP contribution < -0.4 is 5.32 Å². The Hall–Kier alpha value is -2.16. The second kappa shape index (κ2) is 6.53. The third kappa shape index (κ3) is 4.41. The van der Waals surface area contributed by atoms with E-state index in [1.165, 1.54) is 10.9 Å². The largest absolute Gasteiger partial charge is 0.444 e. The SMILES string of the molecule is Cn1ncc([N+](=O)[O-])c1[C@H]1C[C@@H](NC(=O)OC(C)(C)C)CCO1. The Balaban J connectivity index is 2.06. The molecule has 1 aliphatic heterocycles. The number of nitrogens with zero attached hydrogens (tertiary/aromatic N) is 3. The van der Waals surface area contributed by atoms with Crippen LogP contribution in [0.25, 0.3) is 0 Å². The molecule has 9 nitrogen and oxygen atoms in total. The number of alkyl carbamates (subject to hydrolysis) is 1. The van der Waals surface area contributed by atoms with E-state index in [2.05, 4.69) is 10.4 Å². The van der Waals surface area contributed by atoms with Crippen LogP contribution in [0, 0.1) is 10.1 Å². The molecule has 0 spiro atoms. The van der Waals surface area contributed by atoms with Crippen molar-refractivity contribution in [1.82, 2.24) is 15.1 Å². The zero-order chi connectivity index (χ0) is 17.2. The van der Waals surface area contributed by atoms with Gasteiger partial charge in [0.2, 0.25) is 0 Å². The number of nitro groups is 1. The molecule has 0 aliphatic carbocycles. The molecule has 2 atom stereocenters. The average molecular weight is 326 g/mol. The number of nitrogens with one attached hydrogen (secondary N) is 1. The van der Waals surface area contributed by atoms with E-state index in [1.54, 1.807) is 27.8 Å². The van der Waals surface area contributed by atoms with Crippen LogP contribution in [0.2, 0.25) is 0 Å². The maximum Gasteiger partial charge on any atom is 0.407 e. The van der Waals surface area contributed by atoms with Gasteiger partial charge in [-0.3, -0.25) is 14.8 Å². The van der Waals surface area contributed by atoms with Crippen molar-refractivity contribution in [2.24, 2.45) is 7.05 Å². The van der Waals surface area contributed by atoms with E-state index in [4.69, 9.17) is 9.47 Å². The number of aromatic nitrogens is 2. The van der Waals surface area contributed by atoms with Gasteiger partial charge < -0.3 is 14.8 Å². The standard InChI is InChI=1S/C14H22N4O5/c1-14(2,3)23-13(19)16-9-5-6-22-11(7-9)12-10(18(20)21)8-15-17(12)4/h8-9,11H,5-7H2,1-4H3,(H,16,19)/t9-,11+/m0/s1. The monoisotopic (exact) mass is 326 g/mol. The van der Waals surface area contributed by atoms with Gasteiger partial charge in [-0.1, -0.05) is 0 Å². The van der Waals surface area contributed by atoms with Crippen LogP contribution in [0.15, 0.2) is 6.20 Å². The highest BCUT2D eigenvalue weighted by molar-refractivity contribution is 5.68. The quantitative estimate of drug-likeness (QED) is 0.673. The van der Waals surface area contributed by atoms with Crippen LogP contribution >= 0.6 is 0 Å². The molecule has 1 aromatic rings. The smallest absolute Gasteiger partial charge is 0.407 e. The highest BCUT2D eigenvalue weighted by atomic mass is 16.6. The number of rotatable bonds is 3. The summed E-state index contributed by atoms with van der Waals surface area (Å²) in [6, 6.07) is -0.168. The zero-order valence-corrected chi connectivity index (χ0v) is 13.7. The Labute approximate surface area is 134 Å². The van der Waals surface area contributed by atoms with Gasteiger partial charge in [0.15, 0.2) is 0 Å². The molecule has 0 radical (unpaired) electrons. The van der Waals surface area contributed by atoms with Crippen molar-refractivity contribution in [2.45, 2.75) is 51.4 Å². The van der Waals surface area contributed by atoms with Gasteiger partial charge in [-0.05, 0) is 33.6 Å². The number of ether oxygens (including phenoxy) is 2. The number of aryl methyl sites for hydroxylation is 1. The van der Waals surface area contributed by atoms with Crippen LogP contribution in [-0.2, 0) is 16.5 Å². The lowest BCUT2D eigenvalue weighted by Gasteiger charge is -2.30. The minimum Gasteiger partial charge on any atom is -0.444 e. The predicted molar refractivity (Wildman–Crippen MR) is 80.9 cm³/mol. The van der Waals surface area contributed by atoms with Crippen molar-refractivity contribution < 1.29 is 19.2 Å². The van der Waals surface area contributed by atoms with Crippen molar-refractivity contribution in [1.29, 1.82) is 0 Å². The zero-order valence-electron chi connectivity index (χ0n) is 13.7. The van der Waals surface area contributed by atoms with E-state index in [-0.39, 0.29) is 11.7 Å². The topological polar surface area (TPSA) is 109 Å². The molecular weight excluding hydrogens is 304 g/mol. The fraction of sp³-hybridized carbons (Fsp3) is 0.714.